The summed E-state index contributed by atoms with van der Waals surface area (Å²) in [4.78, 5) is 19.8. The van der Waals surface area contributed by atoms with E-state index in [9.17, 15) is 4.79 Å². The van der Waals surface area contributed by atoms with Crippen LogP contribution in [-0.4, -0.2) is 52.3 Å². The molecule has 2 aromatic rings. The number of piperidine rings is 1. The van der Waals surface area contributed by atoms with Crippen molar-refractivity contribution in [2.45, 2.75) is 37.9 Å². The first-order valence-electron chi connectivity index (χ1n) is 9.42. The molecule has 1 fully saturated rings. The Morgan fingerprint density at radius 3 is 2.59 bits per heavy atom. The number of benzene rings is 1. The number of hydrogen-bond acceptors (Lipinski definition) is 4. The first-order chi connectivity index (χ1) is 13.1. The highest BCUT2D eigenvalue weighted by Gasteiger charge is 2.23. The van der Waals surface area contributed by atoms with Gasteiger partial charge in [0, 0.05) is 31.4 Å². The molecular formula is C21H28N4OS. The maximum absolute atomic E-state index is 12.9. The lowest BCUT2D eigenvalue weighted by Gasteiger charge is -2.31. The van der Waals surface area contributed by atoms with E-state index in [1.165, 1.54) is 5.57 Å². The third-order valence-electron chi connectivity index (χ3n) is 4.84. The van der Waals surface area contributed by atoms with Crippen molar-refractivity contribution in [2.75, 3.05) is 25.9 Å². The van der Waals surface area contributed by atoms with E-state index in [0.717, 1.165) is 43.3 Å². The van der Waals surface area contributed by atoms with Crippen LogP contribution in [0.5, 0.6) is 0 Å². The standard InChI is InChI=1S/C21H28N4OS/c1-16(2)9-12-24-13-10-17(11-14-24)23-20(26)19-15-22-21(27-3)25(19)18-7-5-4-6-8-18/h4-9,15,17H,10-14H2,1-3H3,(H,23,26). The summed E-state index contributed by atoms with van der Waals surface area (Å²) in [6, 6.07) is 10.1. The molecule has 1 amide bonds. The Kier molecular flexibility index (Phi) is 6.74. The lowest BCUT2D eigenvalue weighted by Crippen LogP contribution is -2.45. The molecule has 1 aliphatic heterocycles. The van der Waals surface area contributed by atoms with Crippen LogP contribution in [0.1, 0.15) is 37.2 Å². The van der Waals surface area contributed by atoms with Gasteiger partial charge in [-0.05, 0) is 45.1 Å². The second kappa shape index (κ2) is 9.24. The molecule has 3 rings (SSSR count). The zero-order valence-electron chi connectivity index (χ0n) is 16.3. The van der Waals surface area contributed by atoms with Crippen LogP contribution in [0.2, 0.25) is 0 Å². The number of likely N-dealkylation sites (tertiary alicyclic amines) is 1. The third-order valence-corrected chi connectivity index (χ3v) is 5.49. The van der Waals surface area contributed by atoms with Gasteiger partial charge < -0.3 is 5.32 Å². The van der Waals surface area contributed by atoms with Gasteiger partial charge in [-0.25, -0.2) is 4.98 Å². The summed E-state index contributed by atoms with van der Waals surface area (Å²) in [5.41, 5.74) is 2.91. The Morgan fingerprint density at radius 2 is 1.96 bits per heavy atom. The van der Waals surface area contributed by atoms with E-state index < -0.39 is 0 Å². The maximum atomic E-state index is 12.9. The van der Waals surface area contributed by atoms with Gasteiger partial charge in [-0.2, -0.15) is 0 Å². The van der Waals surface area contributed by atoms with Gasteiger partial charge in [0.1, 0.15) is 5.69 Å². The Balaban J connectivity index is 1.66. The maximum Gasteiger partial charge on any atom is 0.270 e. The smallest absolute Gasteiger partial charge is 0.270 e. The molecule has 0 radical (unpaired) electrons. The van der Waals surface area contributed by atoms with E-state index in [0.29, 0.717) is 5.69 Å². The summed E-state index contributed by atoms with van der Waals surface area (Å²) in [5, 5.41) is 4.04. The third kappa shape index (κ3) is 5.02. The number of nitrogens with zero attached hydrogens (tertiary/aromatic N) is 3. The molecule has 1 aromatic heterocycles. The predicted octanol–water partition coefficient (Wildman–Crippen LogP) is 3.75. The summed E-state index contributed by atoms with van der Waals surface area (Å²) in [6.07, 6.45) is 7.89. The van der Waals surface area contributed by atoms with Gasteiger partial charge in [0.05, 0.1) is 6.20 Å². The molecule has 0 unspecified atom stereocenters. The molecule has 0 bridgehead atoms. The minimum absolute atomic E-state index is 0.0469. The lowest BCUT2D eigenvalue weighted by atomic mass is 10.0. The predicted molar refractivity (Wildman–Crippen MR) is 112 cm³/mol. The molecule has 144 valence electrons. The molecule has 5 nitrogen and oxygen atoms in total. The van der Waals surface area contributed by atoms with Crippen molar-refractivity contribution in [3.05, 3.63) is 53.9 Å². The Hall–Kier alpha value is -2.05. The Bertz CT molecular complexity index is 788. The van der Waals surface area contributed by atoms with E-state index >= 15 is 0 Å². The minimum atomic E-state index is -0.0469. The van der Waals surface area contributed by atoms with Gasteiger partial charge >= 0.3 is 0 Å². The topological polar surface area (TPSA) is 50.2 Å². The monoisotopic (exact) mass is 384 g/mol. The van der Waals surface area contributed by atoms with Crippen molar-refractivity contribution in [1.82, 2.24) is 19.8 Å². The van der Waals surface area contributed by atoms with Gasteiger partial charge in [0.25, 0.3) is 5.91 Å². The van der Waals surface area contributed by atoms with Crippen LogP contribution in [0.3, 0.4) is 0 Å². The van der Waals surface area contributed by atoms with Crippen LogP contribution in [0.4, 0.5) is 0 Å². The normalized spacial score (nSPS) is 15.5. The molecule has 1 aliphatic rings. The number of nitrogens with one attached hydrogen (secondary N) is 1. The zero-order chi connectivity index (χ0) is 19.2. The fraction of sp³-hybridized carbons (Fsp3) is 0.429. The highest BCUT2D eigenvalue weighted by atomic mass is 32.2. The summed E-state index contributed by atoms with van der Waals surface area (Å²) in [5.74, 6) is -0.0469. The van der Waals surface area contributed by atoms with Crippen LogP contribution in [-0.2, 0) is 0 Å². The number of carbonyl (C=O) groups is 1. The summed E-state index contributed by atoms with van der Waals surface area (Å²) in [7, 11) is 0. The molecule has 0 atom stereocenters. The Morgan fingerprint density at radius 1 is 1.26 bits per heavy atom. The van der Waals surface area contributed by atoms with Crippen molar-refractivity contribution in [1.29, 1.82) is 0 Å². The molecule has 1 aromatic carbocycles. The first kappa shape index (κ1) is 19.7. The van der Waals surface area contributed by atoms with Crippen LogP contribution in [0.25, 0.3) is 5.69 Å². The quantitative estimate of drug-likeness (QED) is 0.609. The average Bonchev–Trinajstić information content (AvgIpc) is 3.12. The van der Waals surface area contributed by atoms with Gasteiger partial charge in [-0.3, -0.25) is 14.3 Å². The second-order valence-corrected chi connectivity index (χ2v) is 7.90. The van der Waals surface area contributed by atoms with Crippen LogP contribution < -0.4 is 5.32 Å². The number of thioether (sulfide) groups is 1. The van der Waals surface area contributed by atoms with Gasteiger partial charge in [0.15, 0.2) is 5.16 Å². The highest BCUT2D eigenvalue weighted by molar-refractivity contribution is 7.98. The average molecular weight is 385 g/mol. The molecule has 0 saturated carbocycles. The lowest BCUT2D eigenvalue weighted by molar-refractivity contribution is 0.0906. The number of aromatic nitrogens is 2. The molecule has 27 heavy (non-hydrogen) atoms. The summed E-state index contributed by atoms with van der Waals surface area (Å²) < 4.78 is 1.93. The van der Waals surface area contributed by atoms with Gasteiger partial charge in [-0.15, -0.1) is 0 Å². The van der Waals surface area contributed by atoms with Crippen LogP contribution >= 0.6 is 11.8 Å². The minimum Gasteiger partial charge on any atom is -0.348 e. The molecular weight excluding hydrogens is 356 g/mol. The Labute approximate surface area is 165 Å². The van der Waals surface area contributed by atoms with Crippen molar-refractivity contribution >= 4 is 17.7 Å². The fourth-order valence-electron chi connectivity index (χ4n) is 3.30. The number of rotatable bonds is 6. The van der Waals surface area contributed by atoms with Gasteiger partial charge in [0.2, 0.25) is 0 Å². The number of amides is 1. The highest BCUT2D eigenvalue weighted by Crippen LogP contribution is 2.22. The van der Waals surface area contributed by atoms with E-state index in [-0.39, 0.29) is 11.9 Å². The van der Waals surface area contributed by atoms with Crippen molar-refractivity contribution in [3.63, 3.8) is 0 Å². The van der Waals surface area contributed by atoms with E-state index in [2.05, 4.69) is 35.1 Å². The fourth-order valence-corrected chi connectivity index (χ4v) is 3.84. The summed E-state index contributed by atoms with van der Waals surface area (Å²) >= 11 is 1.54. The number of imidazole rings is 1. The number of carbonyl (C=O) groups excluding carboxylic acids is 1. The number of hydrogen-bond donors (Lipinski definition) is 1. The molecule has 2 heterocycles. The molecule has 6 heteroatoms. The summed E-state index contributed by atoms with van der Waals surface area (Å²) in [6.45, 7) is 7.30. The molecule has 0 spiro atoms. The number of para-hydroxylation sites is 1. The van der Waals surface area contributed by atoms with Crippen molar-refractivity contribution in [2.24, 2.45) is 0 Å². The van der Waals surface area contributed by atoms with Gasteiger partial charge in [-0.1, -0.05) is 41.6 Å². The van der Waals surface area contributed by atoms with Crippen molar-refractivity contribution < 1.29 is 4.79 Å². The zero-order valence-corrected chi connectivity index (χ0v) is 17.1. The number of allylic oxidation sites excluding steroid dienone is 1. The molecule has 1 saturated heterocycles. The van der Waals surface area contributed by atoms with E-state index in [1.807, 2.05) is 41.2 Å². The van der Waals surface area contributed by atoms with Crippen molar-refractivity contribution in [3.8, 4) is 5.69 Å². The largest absolute Gasteiger partial charge is 0.348 e. The van der Waals surface area contributed by atoms with E-state index in [1.54, 1.807) is 18.0 Å². The van der Waals surface area contributed by atoms with E-state index in [4.69, 9.17) is 0 Å². The SMILES string of the molecule is CSc1ncc(C(=O)NC2CCN(CC=C(C)C)CC2)n1-c1ccccc1. The molecule has 0 aliphatic carbocycles. The second-order valence-electron chi connectivity index (χ2n) is 7.13. The molecule has 1 N–H and O–H groups in total. The first-order valence-corrected chi connectivity index (χ1v) is 10.6. The van der Waals surface area contributed by atoms with Crippen LogP contribution in [0, 0.1) is 0 Å². The van der Waals surface area contributed by atoms with Crippen LogP contribution in [0.15, 0.2) is 53.3 Å².